The number of carboxylic acids is 2. The smallest absolute Gasteiger partial charge is 0.371 e. The van der Waals surface area contributed by atoms with Gasteiger partial charge in [-0.05, 0) is 24.3 Å². The first-order valence-corrected chi connectivity index (χ1v) is 13.7. The maximum absolute atomic E-state index is 13.0. The molecule has 17 heteroatoms. The zero-order valence-electron chi connectivity index (χ0n) is 23.0. The van der Waals surface area contributed by atoms with Crippen LogP contribution in [0.1, 0.15) is 28.0 Å². The second-order valence-corrected chi connectivity index (χ2v) is 9.86. The first-order chi connectivity index (χ1) is 21.5. The lowest BCUT2D eigenvalue weighted by atomic mass is 10.2. The number of esters is 1. The summed E-state index contributed by atoms with van der Waals surface area (Å²) in [5.74, 6) is -6.05. The van der Waals surface area contributed by atoms with E-state index in [9.17, 15) is 43.9 Å². The highest BCUT2D eigenvalue weighted by Crippen LogP contribution is 2.26. The van der Waals surface area contributed by atoms with Crippen LogP contribution in [-0.4, -0.2) is 65.1 Å². The fourth-order valence-electron chi connectivity index (χ4n) is 4.05. The summed E-state index contributed by atoms with van der Waals surface area (Å²) in [6.45, 7) is 0.200. The number of carbonyl (C=O) groups is 4. The molecule has 0 aliphatic carbocycles. The normalized spacial score (nSPS) is 11.6. The number of hydrogen-bond donors (Lipinski definition) is 3. The maximum Gasteiger partial charge on any atom is 0.371 e. The highest BCUT2D eigenvalue weighted by atomic mass is 32.2. The minimum absolute atomic E-state index is 0.0506. The summed E-state index contributed by atoms with van der Waals surface area (Å²) in [7, 11) is 0. The van der Waals surface area contributed by atoms with E-state index in [4.69, 9.17) is 23.0 Å². The zero-order valence-corrected chi connectivity index (χ0v) is 23.9. The molecule has 4 rings (SSSR count). The summed E-state index contributed by atoms with van der Waals surface area (Å²) in [5.41, 5.74) is -1.62. The van der Waals surface area contributed by atoms with E-state index in [0.29, 0.717) is 11.9 Å². The Morgan fingerprint density at radius 3 is 1.78 bits per heavy atom. The van der Waals surface area contributed by atoms with Crippen molar-refractivity contribution in [2.24, 2.45) is 4.58 Å². The first-order valence-electron chi connectivity index (χ1n) is 12.8. The maximum atomic E-state index is 13.0. The first kappa shape index (κ1) is 32.2. The molecule has 16 nitrogen and oxygen atoms in total. The number of carbonyl (C=O) groups excluding carboxylic acids is 2. The molecule has 45 heavy (non-hydrogen) atoms. The molecule has 0 aliphatic heterocycles. The second-order valence-electron chi connectivity index (χ2n) is 9.12. The molecule has 2 aromatic carbocycles. The number of carboxylic acid groups (broad SMARTS) is 2. The molecule has 0 saturated carbocycles. The number of nitroso groups, excluding NO2 is 1. The van der Waals surface area contributed by atoms with Gasteiger partial charge < -0.3 is 38.6 Å². The van der Waals surface area contributed by atoms with Gasteiger partial charge in [-0.15, -0.1) is 4.91 Å². The Hall–Kier alpha value is -5.71. The van der Waals surface area contributed by atoms with Gasteiger partial charge in [0.15, 0.2) is 17.0 Å². The van der Waals surface area contributed by atoms with Crippen molar-refractivity contribution in [3.63, 3.8) is 0 Å². The van der Waals surface area contributed by atoms with Gasteiger partial charge >= 0.3 is 17.9 Å². The van der Waals surface area contributed by atoms with Gasteiger partial charge in [-0.25, -0.2) is 14.4 Å². The van der Waals surface area contributed by atoms with Gasteiger partial charge in [-0.3, -0.25) is 14.4 Å². The van der Waals surface area contributed by atoms with Crippen LogP contribution in [0.25, 0.3) is 21.9 Å². The lowest BCUT2D eigenvalue weighted by Crippen LogP contribution is -2.45. The topological polar surface area (TPSA) is 238 Å². The van der Waals surface area contributed by atoms with Crippen LogP contribution in [0.5, 0.6) is 11.5 Å². The fraction of sp³-hybridized carbons (Fsp3) is 0.214. The van der Waals surface area contributed by atoms with Gasteiger partial charge in [-0.1, -0.05) is 12.1 Å². The number of fused-ring (bicyclic) bond motifs is 2. The van der Waals surface area contributed by atoms with Crippen molar-refractivity contribution in [3.05, 3.63) is 85.4 Å². The molecule has 4 aromatic rings. The molecule has 0 aliphatic rings. The van der Waals surface area contributed by atoms with Gasteiger partial charge in [0.05, 0.1) is 0 Å². The SMILES string of the molecule is CC(=O)NC(CSN=O)C(=O)OC(COc1cccc2oc(C(=O)O)cc(=O)c12)COc1cccc2oc(C(=O)O)cc(=O)c12. The molecule has 0 radical (unpaired) electrons. The van der Waals surface area contributed by atoms with Crippen molar-refractivity contribution in [3.8, 4) is 11.5 Å². The largest absolute Gasteiger partial charge is 0.489 e. The molecule has 1 amide bonds. The van der Waals surface area contributed by atoms with E-state index in [-0.39, 0.29) is 39.2 Å². The van der Waals surface area contributed by atoms with E-state index in [2.05, 4.69) is 9.90 Å². The van der Waals surface area contributed by atoms with Crippen LogP contribution in [0.4, 0.5) is 0 Å². The quantitative estimate of drug-likeness (QED) is 0.102. The molecule has 0 fully saturated rings. The van der Waals surface area contributed by atoms with Gasteiger partial charge in [0.25, 0.3) is 0 Å². The second kappa shape index (κ2) is 14.2. The minimum atomic E-state index is -1.46. The number of hydrogen-bond acceptors (Lipinski definition) is 14. The number of ether oxygens (including phenoxy) is 3. The molecule has 3 N–H and O–H groups in total. The van der Waals surface area contributed by atoms with Crippen LogP contribution >= 0.6 is 11.9 Å². The van der Waals surface area contributed by atoms with Crippen LogP contribution in [0.2, 0.25) is 0 Å². The number of aromatic carboxylic acids is 2. The van der Waals surface area contributed by atoms with Crippen LogP contribution in [0.15, 0.2) is 71.5 Å². The number of amides is 1. The predicted octanol–water partition coefficient (Wildman–Crippen LogP) is 2.58. The minimum Gasteiger partial charge on any atom is -0.489 e. The third kappa shape index (κ3) is 7.82. The van der Waals surface area contributed by atoms with Crippen molar-refractivity contribution >= 4 is 57.7 Å². The van der Waals surface area contributed by atoms with Crippen molar-refractivity contribution in [1.29, 1.82) is 0 Å². The van der Waals surface area contributed by atoms with Crippen molar-refractivity contribution in [1.82, 2.24) is 5.32 Å². The van der Waals surface area contributed by atoms with Gasteiger partial charge in [0, 0.05) is 41.3 Å². The van der Waals surface area contributed by atoms with E-state index in [1.165, 1.54) is 36.4 Å². The van der Waals surface area contributed by atoms with Crippen LogP contribution in [0, 0.1) is 4.91 Å². The van der Waals surface area contributed by atoms with Crippen molar-refractivity contribution in [2.75, 3.05) is 19.0 Å². The Morgan fingerprint density at radius 1 is 0.867 bits per heavy atom. The molecule has 0 spiro atoms. The summed E-state index contributed by atoms with van der Waals surface area (Å²) in [5, 5.41) is 20.5. The van der Waals surface area contributed by atoms with Gasteiger partial charge in [0.1, 0.15) is 52.7 Å². The number of nitrogens with one attached hydrogen (secondary N) is 1. The van der Waals surface area contributed by atoms with E-state index < -0.39 is 71.6 Å². The average Bonchev–Trinajstić information content (AvgIpc) is 2.99. The van der Waals surface area contributed by atoms with E-state index in [1.807, 2.05) is 0 Å². The Kier molecular flexibility index (Phi) is 10.1. The Morgan fingerprint density at radius 2 is 1.36 bits per heavy atom. The molecule has 0 saturated heterocycles. The molecular weight excluding hydrogens is 620 g/mol. The van der Waals surface area contributed by atoms with Crippen molar-refractivity contribution < 1.29 is 52.4 Å². The third-order valence-electron chi connectivity index (χ3n) is 5.94. The molecular formula is C28H22N2O14S. The van der Waals surface area contributed by atoms with Gasteiger partial charge in [0.2, 0.25) is 17.4 Å². The van der Waals surface area contributed by atoms with Gasteiger partial charge in [-0.2, -0.15) is 0 Å². The van der Waals surface area contributed by atoms with Crippen LogP contribution in [0.3, 0.4) is 0 Å². The molecule has 1 atom stereocenters. The summed E-state index contributed by atoms with van der Waals surface area (Å²) >= 11 is 0.464. The standard InChI is InChI=1S/C28H22N2O14S/c1-13(31)29-15(12-45-30-39)28(38)42-14(10-40-18-4-2-6-20-24(18)16(32)8-22(43-20)26(34)35)11-41-19-5-3-7-21-25(19)17(33)9-23(44-21)27(36)37/h2-9,14-15H,10-12H2,1H3,(H,29,31)(H,34,35)(H,36,37). The molecule has 0 bridgehead atoms. The van der Waals surface area contributed by atoms with Crippen LogP contribution in [-0.2, 0) is 14.3 Å². The van der Waals surface area contributed by atoms with Crippen LogP contribution < -0.4 is 25.6 Å². The lowest BCUT2D eigenvalue weighted by Gasteiger charge is -2.22. The molecule has 2 heterocycles. The monoisotopic (exact) mass is 642 g/mol. The molecule has 234 valence electrons. The summed E-state index contributed by atoms with van der Waals surface area (Å²) in [6.07, 6.45) is -1.29. The fourth-order valence-corrected chi connectivity index (χ4v) is 4.48. The Labute approximate surface area is 255 Å². The average molecular weight is 643 g/mol. The Bertz CT molecular complexity index is 1800. The lowest BCUT2D eigenvalue weighted by molar-refractivity contribution is -0.155. The van der Waals surface area contributed by atoms with E-state index in [1.54, 1.807) is 0 Å². The third-order valence-corrected chi connectivity index (χ3v) is 6.53. The van der Waals surface area contributed by atoms with Crippen molar-refractivity contribution in [2.45, 2.75) is 19.1 Å². The summed E-state index contributed by atoms with van der Waals surface area (Å²) < 4.78 is 30.2. The summed E-state index contributed by atoms with van der Waals surface area (Å²) in [4.78, 5) is 83.3. The van der Waals surface area contributed by atoms with E-state index >= 15 is 0 Å². The predicted molar refractivity (Wildman–Crippen MR) is 156 cm³/mol. The number of rotatable bonds is 14. The highest BCUT2D eigenvalue weighted by Gasteiger charge is 2.27. The number of nitrogens with zero attached hydrogens (tertiary/aromatic N) is 1. The Balaban J connectivity index is 1.64. The zero-order chi connectivity index (χ0) is 32.7. The number of benzene rings is 2. The molecule has 1 unspecified atom stereocenters. The molecule has 2 aromatic heterocycles. The van der Waals surface area contributed by atoms with E-state index in [0.717, 1.165) is 19.1 Å². The summed E-state index contributed by atoms with van der Waals surface area (Å²) in [6, 6.07) is 8.61. The highest BCUT2D eigenvalue weighted by molar-refractivity contribution is 7.97.